The van der Waals surface area contributed by atoms with Gasteiger partial charge in [-0.2, -0.15) is 4.37 Å². The molecular weight excluding hydrogens is 478 g/mol. The molecule has 0 bridgehead atoms. The normalized spacial score (nSPS) is 13.3. The Morgan fingerprint density at radius 3 is 2.67 bits per heavy atom. The van der Waals surface area contributed by atoms with E-state index in [2.05, 4.69) is 30.6 Å². The second-order valence-electron chi connectivity index (χ2n) is 6.48. The Bertz CT molecular complexity index is 908. The number of carboxylic acid groups (broad SMARTS) is 1. The van der Waals surface area contributed by atoms with Crippen LogP contribution in [0.1, 0.15) is 26.3 Å². The SMILES string of the molecule is CC(C)(C)OC(=O)NC(Cc1ccc(N=c2ssnc2Cl)c(Br)c1)C(=O)O. The van der Waals surface area contributed by atoms with E-state index in [1.807, 2.05) is 0 Å². The van der Waals surface area contributed by atoms with Gasteiger partial charge in [-0.15, -0.1) is 0 Å². The van der Waals surface area contributed by atoms with E-state index in [1.54, 1.807) is 39.0 Å². The number of nitrogens with zero attached hydrogens (tertiary/aromatic N) is 2. The number of carboxylic acids is 1. The van der Waals surface area contributed by atoms with E-state index in [1.165, 1.54) is 20.9 Å². The molecule has 1 heterocycles. The molecule has 0 spiro atoms. The first-order valence-electron chi connectivity index (χ1n) is 7.72. The highest BCUT2D eigenvalue weighted by Gasteiger charge is 2.24. The highest BCUT2D eigenvalue weighted by atomic mass is 79.9. The van der Waals surface area contributed by atoms with Gasteiger partial charge in [0.1, 0.15) is 11.6 Å². The van der Waals surface area contributed by atoms with Crippen LogP contribution in [0.3, 0.4) is 0 Å². The Morgan fingerprint density at radius 1 is 1.44 bits per heavy atom. The number of halogens is 2. The van der Waals surface area contributed by atoms with Crippen molar-refractivity contribution in [1.82, 2.24) is 9.69 Å². The Labute approximate surface area is 176 Å². The molecule has 0 radical (unpaired) electrons. The van der Waals surface area contributed by atoms with Gasteiger partial charge in [0.15, 0.2) is 9.82 Å². The van der Waals surface area contributed by atoms with Crippen molar-refractivity contribution in [3.63, 3.8) is 0 Å². The van der Waals surface area contributed by atoms with Gasteiger partial charge in [0.25, 0.3) is 0 Å². The van der Waals surface area contributed by atoms with Gasteiger partial charge in [-0.25, -0.2) is 14.6 Å². The van der Waals surface area contributed by atoms with E-state index in [0.717, 1.165) is 0 Å². The van der Waals surface area contributed by atoms with E-state index in [4.69, 9.17) is 16.3 Å². The first-order valence-corrected chi connectivity index (χ1v) is 11.0. The van der Waals surface area contributed by atoms with E-state index in [-0.39, 0.29) is 6.42 Å². The molecule has 0 saturated heterocycles. The van der Waals surface area contributed by atoms with Crippen LogP contribution in [0.2, 0.25) is 5.15 Å². The molecule has 0 saturated carbocycles. The summed E-state index contributed by atoms with van der Waals surface area (Å²) >= 11 is 9.38. The molecule has 1 unspecified atom stereocenters. The van der Waals surface area contributed by atoms with Crippen LogP contribution in [0.5, 0.6) is 0 Å². The number of amides is 1. The van der Waals surface area contributed by atoms with Gasteiger partial charge in [-0.3, -0.25) is 0 Å². The Kier molecular flexibility index (Phi) is 7.38. The lowest BCUT2D eigenvalue weighted by molar-refractivity contribution is -0.139. The maximum Gasteiger partial charge on any atom is 0.408 e. The van der Waals surface area contributed by atoms with Crippen molar-refractivity contribution in [3.8, 4) is 0 Å². The molecule has 27 heavy (non-hydrogen) atoms. The Morgan fingerprint density at radius 2 is 2.15 bits per heavy atom. The number of nitrogens with one attached hydrogen (secondary N) is 1. The third-order valence-electron chi connectivity index (χ3n) is 3.07. The number of alkyl carbamates (subject to hydrolysis) is 1. The van der Waals surface area contributed by atoms with Gasteiger partial charge < -0.3 is 15.2 Å². The summed E-state index contributed by atoms with van der Waals surface area (Å²) in [4.78, 5) is 27.8. The largest absolute Gasteiger partial charge is 0.480 e. The molecule has 0 aliphatic rings. The minimum absolute atomic E-state index is 0.0941. The lowest BCUT2D eigenvalue weighted by atomic mass is 10.1. The van der Waals surface area contributed by atoms with Crippen molar-refractivity contribution in [2.45, 2.75) is 38.8 Å². The number of aliphatic carboxylic acids is 1. The molecule has 1 atom stereocenters. The maximum atomic E-state index is 11.9. The molecule has 2 aromatic rings. The van der Waals surface area contributed by atoms with Crippen LogP contribution in [0, 0.1) is 0 Å². The third kappa shape index (κ3) is 6.87. The van der Waals surface area contributed by atoms with Crippen LogP contribution in [0.15, 0.2) is 27.7 Å². The van der Waals surface area contributed by atoms with Gasteiger partial charge in [0.05, 0.1) is 5.69 Å². The minimum atomic E-state index is -1.15. The van der Waals surface area contributed by atoms with Crippen molar-refractivity contribution in [1.29, 1.82) is 0 Å². The van der Waals surface area contributed by atoms with Gasteiger partial charge in [-0.05, 0) is 64.7 Å². The summed E-state index contributed by atoms with van der Waals surface area (Å²) in [7, 11) is 2.60. The Balaban J connectivity index is 2.15. The molecule has 146 valence electrons. The molecule has 0 fully saturated rings. The predicted octanol–water partition coefficient (Wildman–Crippen LogP) is 4.37. The first-order chi connectivity index (χ1) is 12.5. The molecule has 2 rings (SSSR count). The predicted molar refractivity (Wildman–Crippen MR) is 109 cm³/mol. The van der Waals surface area contributed by atoms with E-state index >= 15 is 0 Å². The van der Waals surface area contributed by atoms with E-state index in [9.17, 15) is 14.7 Å². The van der Waals surface area contributed by atoms with Crippen LogP contribution in [0.4, 0.5) is 10.5 Å². The number of aromatic nitrogens is 1. The summed E-state index contributed by atoms with van der Waals surface area (Å²) in [5.41, 5.74) is 0.643. The zero-order valence-electron chi connectivity index (χ0n) is 14.7. The van der Waals surface area contributed by atoms with Crippen molar-refractivity contribution in [2.75, 3.05) is 0 Å². The second kappa shape index (κ2) is 9.13. The lowest BCUT2D eigenvalue weighted by Gasteiger charge is -2.22. The molecule has 7 nitrogen and oxygen atoms in total. The average Bonchev–Trinajstić information content (AvgIpc) is 2.92. The summed E-state index contributed by atoms with van der Waals surface area (Å²) in [5, 5.41) is 12.1. The summed E-state index contributed by atoms with van der Waals surface area (Å²) in [6.07, 6.45) is -0.682. The number of benzene rings is 1. The van der Waals surface area contributed by atoms with Crippen molar-refractivity contribution in [2.24, 2.45) is 4.99 Å². The van der Waals surface area contributed by atoms with E-state index in [0.29, 0.717) is 25.5 Å². The van der Waals surface area contributed by atoms with E-state index < -0.39 is 23.7 Å². The minimum Gasteiger partial charge on any atom is -0.480 e. The standard InChI is InChI=1S/C16H17BrClN3O4S2/c1-16(2,3)25-15(24)20-11(14(22)23)7-8-4-5-10(9(17)6-8)19-13-12(18)21-27-26-13/h4-6,11H,7H2,1-3H3,(H,20,24)(H,22,23). The van der Waals surface area contributed by atoms with Crippen molar-refractivity contribution < 1.29 is 19.4 Å². The van der Waals surface area contributed by atoms with Gasteiger partial charge >= 0.3 is 12.1 Å². The number of hydrogen-bond donors (Lipinski definition) is 2. The molecule has 1 aromatic carbocycles. The number of hydrogen-bond acceptors (Lipinski definition) is 7. The van der Waals surface area contributed by atoms with Crippen LogP contribution in [0.25, 0.3) is 0 Å². The van der Waals surface area contributed by atoms with Crippen LogP contribution < -0.4 is 9.99 Å². The third-order valence-corrected chi connectivity index (χ3v) is 5.88. The molecule has 2 N–H and O–H groups in total. The quantitative estimate of drug-likeness (QED) is 0.601. The lowest BCUT2D eigenvalue weighted by Crippen LogP contribution is -2.44. The fourth-order valence-electron chi connectivity index (χ4n) is 1.99. The van der Waals surface area contributed by atoms with Crippen LogP contribution in [-0.4, -0.2) is 33.2 Å². The zero-order valence-corrected chi connectivity index (χ0v) is 18.6. The molecule has 0 aliphatic heterocycles. The summed E-state index contributed by atoms with van der Waals surface area (Å²) in [6.45, 7) is 5.12. The molecule has 0 aliphatic carbocycles. The molecule has 11 heteroatoms. The number of carbonyl (C=O) groups is 2. The number of ether oxygens (including phenoxy) is 1. The van der Waals surface area contributed by atoms with Crippen molar-refractivity contribution >= 4 is 66.2 Å². The highest BCUT2D eigenvalue weighted by Crippen LogP contribution is 2.27. The fourth-order valence-corrected chi connectivity index (χ4v) is 4.49. The molecule has 1 aromatic heterocycles. The maximum absolute atomic E-state index is 11.9. The highest BCUT2D eigenvalue weighted by molar-refractivity contribution is 9.10. The van der Waals surface area contributed by atoms with Crippen molar-refractivity contribution in [3.05, 3.63) is 38.1 Å². The molecule has 1 amide bonds. The van der Waals surface area contributed by atoms with Gasteiger partial charge in [0.2, 0.25) is 0 Å². The number of rotatable bonds is 5. The average molecular weight is 495 g/mol. The second-order valence-corrected chi connectivity index (χ2v) is 9.53. The Hall–Kier alpha value is -1.49. The smallest absolute Gasteiger partial charge is 0.408 e. The topological polar surface area (TPSA) is 101 Å². The first kappa shape index (κ1) is 21.8. The summed E-state index contributed by atoms with van der Waals surface area (Å²) in [5.74, 6) is -1.15. The van der Waals surface area contributed by atoms with Crippen LogP contribution >= 0.6 is 48.4 Å². The summed E-state index contributed by atoms with van der Waals surface area (Å²) < 4.78 is 10.4. The van der Waals surface area contributed by atoms with Gasteiger partial charge in [0, 0.05) is 21.4 Å². The monoisotopic (exact) mass is 493 g/mol. The summed E-state index contributed by atoms with van der Waals surface area (Å²) in [6, 6.07) is 4.12. The zero-order chi connectivity index (χ0) is 20.2. The molecular formula is C16H17BrClN3O4S2. The van der Waals surface area contributed by atoms with Crippen LogP contribution in [-0.2, 0) is 16.0 Å². The number of carbonyl (C=O) groups excluding carboxylic acids is 1. The fraction of sp³-hybridized carbons (Fsp3) is 0.375. The van der Waals surface area contributed by atoms with Gasteiger partial charge in [-0.1, -0.05) is 17.7 Å².